The number of nitrogens with two attached hydrogens (primary N) is 1. The van der Waals surface area contributed by atoms with Crippen LogP contribution in [0.25, 0.3) is 0 Å². The van der Waals surface area contributed by atoms with E-state index in [2.05, 4.69) is 11.6 Å². The second-order valence-corrected chi connectivity index (χ2v) is 2.52. The molecule has 1 aliphatic rings. The van der Waals surface area contributed by atoms with Crippen molar-refractivity contribution in [1.29, 1.82) is 0 Å². The summed E-state index contributed by atoms with van der Waals surface area (Å²) in [7, 11) is 1.57. The molecule has 0 spiro atoms. The van der Waals surface area contributed by atoms with E-state index in [1.807, 2.05) is 0 Å². The van der Waals surface area contributed by atoms with E-state index in [-0.39, 0.29) is 5.83 Å². The highest BCUT2D eigenvalue weighted by atomic mass is 19.1. The highest BCUT2D eigenvalue weighted by molar-refractivity contribution is 6.15. The van der Waals surface area contributed by atoms with Gasteiger partial charge in [0.25, 0.3) is 0 Å². The molecule has 0 unspecified atom stereocenters. The monoisotopic (exact) mass is 178 g/mol. The molecule has 0 aliphatic heterocycles. The van der Waals surface area contributed by atoms with Gasteiger partial charge >= 0.3 is 0 Å². The molecule has 3 heteroatoms. The molecule has 0 bridgehead atoms. The third kappa shape index (κ3) is 1.75. The van der Waals surface area contributed by atoms with E-state index in [1.165, 1.54) is 18.2 Å². The summed E-state index contributed by atoms with van der Waals surface area (Å²) in [6.45, 7) is 3.50. The van der Waals surface area contributed by atoms with E-state index < -0.39 is 0 Å². The van der Waals surface area contributed by atoms with Crippen LogP contribution in [0.4, 0.5) is 4.39 Å². The van der Waals surface area contributed by atoms with Gasteiger partial charge in [-0.2, -0.15) is 0 Å². The van der Waals surface area contributed by atoms with Crippen LogP contribution >= 0.6 is 0 Å². The number of allylic oxidation sites excluding steroid dienone is 6. The molecule has 0 heterocycles. The van der Waals surface area contributed by atoms with Crippen LogP contribution in [0.3, 0.4) is 0 Å². The van der Waals surface area contributed by atoms with Crippen molar-refractivity contribution < 1.29 is 4.39 Å². The third-order valence-corrected chi connectivity index (χ3v) is 1.70. The molecule has 1 aliphatic carbocycles. The summed E-state index contributed by atoms with van der Waals surface area (Å²) in [4.78, 5) is 3.91. The van der Waals surface area contributed by atoms with Gasteiger partial charge in [0, 0.05) is 12.6 Å². The summed E-state index contributed by atoms with van der Waals surface area (Å²) in [5, 5.41) is 0. The van der Waals surface area contributed by atoms with Crippen molar-refractivity contribution >= 4 is 5.71 Å². The average Bonchev–Trinajstić information content (AvgIpc) is 2.12. The quantitative estimate of drug-likeness (QED) is 0.654. The standard InChI is InChI=1S/C10H11FN2/c1-3-4-7-8(11)5-6-9(12)10(7)13-2/h3-6H,1,12H2,2H3/b7-4-,13-10?. The Morgan fingerprint density at radius 2 is 2.23 bits per heavy atom. The Morgan fingerprint density at radius 1 is 1.54 bits per heavy atom. The first-order valence-electron chi connectivity index (χ1n) is 3.84. The molecule has 0 aromatic carbocycles. The predicted molar refractivity (Wildman–Crippen MR) is 53.1 cm³/mol. The van der Waals surface area contributed by atoms with Crippen molar-refractivity contribution in [2.24, 2.45) is 10.7 Å². The van der Waals surface area contributed by atoms with Crippen LogP contribution in [0.5, 0.6) is 0 Å². The maximum Gasteiger partial charge on any atom is 0.132 e. The Labute approximate surface area is 76.7 Å². The Hall–Kier alpha value is -1.64. The van der Waals surface area contributed by atoms with E-state index in [1.54, 1.807) is 13.1 Å². The summed E-state index contributed by atoms with van der Waals surface area (Å²) in [5.41, 5.74) is 6.94. The normalized spacial score (nSPS) is 22.9. The number of nitrogens with zero attached hydrogens (tertiary/aromatic N) is 1. The van der Waals surface area contributed by atoms with E-state index in [0.717, 1.165) is 0 Å². The molecule has 0 amide bonds. The lowest BCUT2D eigenvalue weighted by Crippen LogP contribution is -2.17. The van der Waals surface area contributed by atoms with Gasteiger partial charge < -0.3 is 5.73 Å². The molecule has 0 radical (unpaired) electrons. The lowest BCUT2D eigenvalue weighted by atomic mass is 10.0. The molecule has 0 saturated carbocycles. The molecule has 1 rings (SSSR count). The van der Waals surface area contributed by atoms with Gasteiger partial charge in [0.1, 0.15) is 5.83 Å². The van der Waals surface area contributed by atoms with Gasteiger partial charge in [0.2, 0.25) is 0 Å². The fourth-order valence-electron chi connectivity index (χ4n) is 1.13. The molecule has 0 fully saturated rings. The summed E-state index contributed by atoms with van der Waals surface area (Å²) in [5.74, 6) is -0.338. The molecular formula is C10H11FN2. The highest BCUT2D eigenvalue weighted by Gasteiger charge is 2.16. The number of aliphatic imine (C=N–C) groups is 1. The first kappa shape index (κ1) is 9.45. The fraction of sp³-hybridized carbons (Fsp3) is 0.100. The number of hydrogen-bond acceptors (Lipinski definition) is 2. The van der Waals surface area contributed by atoms with Crippen LogP contribution in [0.1, 0.15) is 0 Å². The van der Waals surface area contributed by atoms with Gasteiger partial charge in [-0.1, -0.05) is 18.7 Å². The minimum absolute atomic E-state index is 0.338. The van der Waals surface area contributed by atoms with Gasteiger partial charge in [-0.15, -0.1) is 0 Å². The summed E-state index contributed by atoms with van der Waals surface area (Å²) in [6.07, 6.45) is 5.87. The lowest BCUT2D eigenvalue weighted by Gasteiger charge is -2.12. The molecule has 68 valence electrons. The summed E-state index contributed by atoms with van der Waals surface area (Å²) >= 11 is 0. The minimum Gasteiger partial charge on any atom is -0.397 e. The summed E-state index contributed by atoms with van der Waals surface area (Å²) in [6, 6.07) is 0. The smallest absolute Gasteiger partial charge is 0.132 e. The molecule has 2 N–H and O–H groups in total. The van der Waals surface area contributed by atoms with Gasteiger partial charge in [-0.25, -0.2) is 4.39 Å². The van der Waals surface area contributed by atoms with Crippen molar-refractivity contribution in [3.8, 4) is 0 Å². The maximum atomic E-state index is 13.2. The fourth-order valence-corrected chi connectivity index (χ4v) is 1.13. The van der Waals surface area contributed by atoms with Crippen LogP contribution in [0.15, 0.2) is 53.0 Å². The van der Waals surface area contributed by atoms with E-state index in [4.69, 9.17) is 5.73 Å². The average molecular weight is 178 g/mol. The number of hydrogen-bond donors (Lipinski definition) is 1. The van der Waals surface area contributed by atoms with Crippen LogP contribution in [-0.4, -0.2) is 12.8 Å². The molecule has 2 nitrogen and oxygen atoms in total. The Balaban J connectivity index is 3.23. The van der Waals surface area contributed by atoms with Gasteiger partial charge in [0.15, 0.2) is 0 Å². The van der Waals surface area contributed by atoms with E-state index in [0.29, 0.717) is 17.0 Å². The zero-order chi connectivity index (χ0) is 9.84. The molecule has 0 atom stereocenters. The second-order valence-electron chi connectivity index (χ2n) is 2.52. The predicted octanol–water partition coefficient (Wildman–Crippen LogP) is 1.88. The Kier molecular flexibility index (Phi) is 2.80. The maximum absolute atomic E-state index is 13.2. The first-order valence-corrected chi connectivity index (χ1v) is 3.84. The second kappa shape index (κ2) is 3.85. The van der Waals surface area contributed by atoms with Gasteiger partial charge in [-0.3, -0.25) is 4.99 Å². The molecule has 13 heavy (non-hydrogen) atoms. The van der Waals surface area contributed by atoms with Crippen molar-refractivity contribution in [3.05, 3.63) is 48.0 Å². The summed E-state index contributed by atoms with van der Waals surface area (Å²) < 4.78 is 13.2. The minimum atomic E-state index is -0.338. The molecule has 0 aromatic heterocycles. The SMILES string of the molecule is C=C/C=C1/C(F)=CC=C(N)C1=NC. The van der Waals surface area contributed by atoms with Crippen molar-refractivity contribution in [1.82, 2.24) is 0 Å². The zero-order valence-corrected chi connectivity index (χ0v) is 7.42. The topological polar surface area (TPSA) is 38.4 Å². The highest BCUT2D eigenvalue weighted by Crippen LogP contribution is 2.21. The van der Waals surface area contributed by atoms with Crippen LogP contribution in [-0.2, 0) is 0 Å². The van der Waals surface area contributed by atoms with E-state index >= 15 is 0 Å². The largest absolute Gasteiger partial charge is 0.397 e. The Morgan fingerprint density at radius 3 is 2.77 bits per heavy atom. The van der Waals surface area contributed by atoms with Gasteiger partial charge in [0.05, 0.1) is 11.4 Å². The van der Waals surface area contributed by atoms with Crippen molar-refractivity contribution in [2.45, 2.75) is 0 Å². The van der Waals surface area contributed by atoms with Crippen LogP contribution < -0.4 is 5.73 Å². The van der Waals surface area contributed by atoms with Crippen molar-refractivity contribution in [2.75, 3.05) is 7.05 Å². The zero-order valence-electron chi connectivity index (χ0n) is 7.42. The number of rotatable bonds is 1. The van der Waals surface area contributed by atoms with Crippen LogP contribution in [0, 0.1) is 0 Å². The van der Waals surface area contributed by atoms with Gasteiger partial charge in [-0.05, 0) is 12.2 Å². The van der Waals surface area contributed by atoms with Crippen molar-refractivity contribution in [3.63, 3.8) is 0 Å². The lowest BCUT2D eigenvalue weighted by molar-refractivity contribution is 0.658. The van der Waals surface area contributed by atoms with E-state index in [9.17, 15) is 4.39 Å². The molecular weight excluding hydrogens is 167 g/mol. The number of halogens is 1. The molecule has 0 aromatic rings. The third-order valence-electron chi connectivity index (χ3n) is 1.70. The molecule has 0 saturated heterocycles. The Bertz CT molecular complexity index is 346. The first-order chi connectivity index (χ1) is 6.20. The van der Waals surface area contributed by atoms with Crippen LogP contribution in [0.2, 0.25) is 0 Å².